The quantitative estimate of drug-likeness (QED) is 0.374. The van der Waals surface area contributed by atoms with E-state index >= 15 is 0 Å². The summed E-state index contributed by atoms with van der Waals surface area (Å²) in [4.78, 5) is 0. The van der Waals surface area contributed by atoms with Crippen molar-refractivity contribution in [2.45, 2.75) is 18.1 Å². The molecule has 0 aromatic carbocycles. The molecule has 0 aliphatic rings. The third-order valence-electron chi connectivity index (χ3n) is 0.984. The molecule has 0 radical (unpaired) electrons. The number of rotatable bonds is 1. The van der Waals surface area contributed by atoms with Gasteiger partial charge in [0.15, 0.2) is 0 Å². The van der Waals surface area contributed by atoms with Crippen LogP contribution in [-0.2, 0) is 0 Å². The van der Waals surface area contributed by atoms with E-state index in [0.717, 1.165) is 0 Å². The molecule has 0 aliphatic heterocycles. The molecule has 13 heavy (non-hydrogen) atoms. The van der Waals surface area contributed by atoms with Gasteiger partial charge < -0.3 is 0 Å². The average Bonchev–Trinajstić information content (AvgIpc) is 1.80. The molecule has 0 fully saturated rings. The van der Waals surface area contributed by atoms with Gasteiger partial charge in [-0.15, -0.1) is 0 Å². The van der Waals surface area contributed by atoms with E-state index in [0.29, 0.717) is 0 Å². The Morgan fingerprint density at radius 3 is 0.846 bits per heavy atom. The molecule has 0 rings (SSSR count). The summed E-state index contributed by atoms with van der Waals surface area (Å²) in [6.45, 7) is 0. The van der Waals surface area contributed by atoms with Gasteiger partial charge in [-0.05, 0) is 0 Å². The number of hydrogen-bond acceptors (Lipinski definition) is 1. The second-order valence-corrected chi connectivity index (χ2v) is 1.85. The minimum absolute atomic E-state index is 3.56. The van der Waals surface area contributed by atoms with E-state index in [1.54, 1.807) is 0 Å². The third-order valence-corrected chi connectivity index (χ3v) is 0.984. The lowest BCUT2D eigenvalue weighted by Gasteiger charge is -2.28. The van der Waals surface area contributed by atoms with E-state index in [1.807, 2.05) is 0 Å². The molecule has 0 aromatic rings. The first-order valence-electron chi connectivity index (χ1n) is 2.38. The molecule has 0 unspecified atom stereocenters. The largest absolute Gasteiger partial charge is 0.451 e. The minimum atomic E-state index is -6.76. The molecule has 0 spiro atoms. The van der Waals surface area contributed by atoms with Crippen molar-refractivity contribution in [1.29, 1.82) is 0 Å². The van der Waals surface area contributed by atoms with Crippen molar-refractivity contribution in [3.63, 3.8) is 0 Å². The van der Waals surface area contributed by atoms with Crippen molar-refractivity contribution in [3.8, 4) is 0 Å². The topological polar surface area (TPSA) is 3.24 Å². The molecule has 80 valence electrons. The number of nitrogens with zero attached hydrogens (tertiary/aromatic N) is 1. The zero-order chi connectivity index (χ0) is 11.1. The van der Waals surface area contributed by atoms with E-state index in [2.05, 4.69) is 0 Å². The molecular formula is C3F9N. The van der Waals surface area contributed by atoms with Gasteiger partial charge in [-0.2, -0.15) is 30.7 Å². The summed E-state index contributed by atoms with van der Waals surface area (Å²) in [5.41, 5.74) is 0. The van der Waals surface area contributed by atoms with Gasteiger partial charge in [0.25, 0.3) is 0 Å². The van der Waals surface area contributed by atoms with Gasteiger partial charge in [-0.3, -0.25) is 0 Å². The smallest absolute Gasteiger partial charge is 0.200 e. The Kier molecular flexibility index (Phi) is 2.77. The highest BCUT2D eigenvalue weighted by molar-refractivity contribution is 4.88. The molecule has 0 saturated carbocycles. The van der Waals surface area contributed by atoms with Crippen LogP contribution in [0, 0.1) is 0 Å². The van der Waals surface area contributed by atoms with Crippen LogP contribution in [0.15, 0.2) is 0 Å². The van der Waals surface area contributed by atoms with Crippen LogP contribution in [0.5, 0.6) is 0 Å². The number of alkyl halides is 7. The SMILES string of the molecule is FN(F)C(F)(C(F)(F)F)C(F)(F)F. The Bertz CT molecular complexity index is 162. The minimum Gasteiger partial charge on any atom is -0.200 e. The Morgan fingerprint density at radius 1 is 0.615 bits per heavy atom. The lowest BCUT2D eigenvalue weighted by molar-refractivity contribution is -0.456. The molecule has 0 aromatic heterocycles. The van der Waals surface area contributed by atoms with E-state index in [-0.39, 0.29) is 0 Å². The Hall–Kier alpha value is -0.670. The fourth-order valence-corrected chi connectivity index (χ4v) is 0.352. The first-order valence-corrected chi connectivity index (χ1v) is 2.38. The zero-order valence-corrected chi connectivity index (χ0v) is 5.35. The molecule has 0 amide bonds. The molecule has 0 atom stereocenters. The lowest BCUT2D eigenvalue weighted by atomic mass is 10.2. The van der Waals surface area contributed by atoms with E-state index < -0.39 is 23.5 Å². The Morgan fingerprint density at radius 2 is 0.846 bits per heavy atom. The number of halogens is 9. The van der Waals surface area contributed by atoms with E-state index in [4.69, 9.17) is 0 Å². The summed E-state index contributed by atoms with van der Waals surface area (Å²) in [6.07, 6.45) is -13.5. The highest BCUT2D eigenvalue weighted by Gasteiger charge is 2.78. The molecule has 0 saturated heterocycles. The lowest BCUT2D eigenvalue weighted by Crippen LogP contribution is -2.59. The molecule has 0 N–H and O–H groups in total. The van der Waals surface area contributed by atoms with Crippen LogP contribution in [0.1, 0.15) is 0 Å². The maximum atomic E-state index is 11.9. The predicted octanol–water partition coefficient (Wildman–Crippen LogP) is 2.85. The number of hydrogen-bond donors (Lipinski definition) is 0. The summed E-state index contributed by atoms with van der Waals surface area (Å²) >= 11 is 0. The van der Waals surface area contributed by atoms with Gasteiger partial charge in [-0.1, -0.05) is 8.96 Å². The van der Waals surface area contributed by atoms with Crippen LogP contribution in [0.3, 0.4) is 0 Å². The molecule has 0 bridgehead atoms. The summed E-state index contributed by atoms with van der Waals surface area (Å²) in [5, 5.41) is -3.56. The fourth-order valence-electron chi connectivity index (χ4n) is 0.352. The molecule has 1 nitrogen and oxygen atoms in total. The zero-order valence-electron chi connectivity index (χ0n) is 5.35. The van der Waals surface area contributed by atoms with Gasteiger partial charge in [0.2, 0.25) is 0 Å². The van der Waals surface area contributed by atoms with Gasteiger partial charge in [-0.25, -0.2) is 0 Å². The van der Waals surface area contributed by atoms with Crippen molar-refractivity contribution in [1.82, 2.24) is 5.34 Å². The van der Waals surface area contributed by atoms with Crippen molar-refractivity contribution in [2.24, 2.45) is 0 Å². The van der Waals surface area contributed by atoms with Crippen molar-refractivity contribution >= 4 is 0 Å². The van der Waals surface area contributed by atoms with Gasteiger partial charge in [0.1, 0.15) is 0 Å². The summed E-state index contributed by atoms with van der Waals surface area (Å²) < 4.78 is 101. The normalized spacial score (nSPS) is 15.2. The summed E-state index contributed by atoms with van der Waals surface area (Å²) in [7, 11) is 0. The second kappa shape index (κ2) is 2.93. The van der Waals surface area contributed by atoms with Crippen LogP contribution >= 0.6 is 0 Å². The van der Waals surface area contributed by atoms with Crippen LogP contribution in [0.25, 0.3) is 0 Å². The highest BCUT2D eigenvalue weighted by atomic mass is 19.4. The van der Waals surface area contributed by atoms with Crippen molar-refractivity contribution in [3.05, 3.63) is 0 Å². The first kappa shape index (κ1) is 12.3. The van der Waals surface area contributed by atoms with Crippen molar-refractivity contribution in [2.75, 3.05) is 0 Å². The van der Waals surface area contributed by atoms with E-state index in [9.17, 15) is 39.7 Å². The molecule has 10 heteroatoms. The first-order chi connectivity index (χ1) is 5.44. The molecule has 0 aliphatic carbocycles. The maximum Gasteiger partial charge on any atom is 0.451 e. The van der Waals surface area contributed by atoms with Gasteiger partial charge in [0.05, 0.1) is 5.34 Å². The molecule has 0 heterocycles. The van der Waals surface area contributed by atoms with Crippen LogP contribution in [-0.4, -0.2) is 23.5 Å². The van der Waals surface area contributed by atoms with E-state index in [1.165, 1.54) is 0 Å². The summed E-state index contributed by atoms with van der Waals surface area (Å²) in [5.74, 6) is -6.62. The fraction of sp³-hybridized carbons (Fsp3) is 1.00. The third kappa shape index (κ3) is 1.81. The Balaban J connectivity index is 5.22. The monoisotopic (exact) mass is 221 g/mol. The van der Waals surface area contributed by atoms with Crippen molar-refractivity contribution < 1.29 is 39.7 Å². The summed E-state index contributed by atoms with van der Waals surface area (Å²) in [6, 6.07) is 0. The highest BCUT2D eigenvalue weighted by Crippen LogP contribution is 2.48. The van der Waals surface area contributed by atoms with Crippen LogP contribution < -0.4 is 0 Å². The molecular weight excluding hydrogens is 221 g/mol. The standard InChI is InChI=1S/C3F9N/c4-1(13(11)12,2(5,6)7)3(8,9)10. The predicted molar refractivity (Wildman–Crippen MR) is 20.0 cm³/mol. The van der Waals surface area contributed by atoms with Gasteiger partial charge in [0, 0.05) is 0 Å². The van der Waals surface area contributed by atoms with Gasteiger partial charge >= 0.3 is 18.1 Å². The van der Waals surface area contributed by atoms with Crippen LogP contribution in [0.2, 0.25) is 0 Å². The average molecular weight is 221 g/mol. The van der Waals surface area contributed by atoms with Crippen LogP contribution in [0.4, 0.5) is 39.7 Å². The Labute approximate surface area is 64.6 Å². The second-order valence-electron chi connectivity index (χ2n) is 1.85. The maximum absolute atomic E-state index is 11.9.